The predicted octanol–water partition coefficient (Wildman–Crippen LogP) is 5.41. The van der Waals surface area contributed by atoms with Crippen LogP contribution in [0.25, 0.3) is 11.0 Å². The van der Waals surface area contributed by atoms with Crippen molar-refractivity contribution >= 4 is 50.1 Å². The van der Waals surface area contributed by atoms with Crippen LogP contribution in [0.5, 0.6) is 0 Å². The molecule has 0 aliphatic carbocycles. The van der Waals surface area contributed by atoms with E-state index < -0.39 is 0 Å². The summed E-state index contributed by atoms with van der Waals surface area (Å²) in [6, 6.07) is 12.9. The molecule has 0 bridgehead atoms. The zero-order chi connectivity index (χ0) is 15.0. The van der Waals surface area contributed by atoms with Gasteiger partial charge in [0.25, 0.3) is 5.91 Å². The fourth-order valence-electron chi connectivity index (χ4n) is 2.17. The molecule has 3 rings (SSSR count). The van der Waals surface area contributed by atoms with Crippen molar-refractivity contribution in [1.29, 1.82) is 0 Å². The highest BCUT2D eigenvalue weighted by atomic mass is 79.9. The van der Waals surface area contributed by atoms with Crippen molar-refractivity contribution in [3.05, 3.63) is 63.3 Å². The van der Waals surface area contributed by atoms with Crippen molar-refractivity contribution < 1.29 is 9.21 Å². The van der Waals surface area contributed by atoms with Crippen LogP contribution in [0.15, 0.2) is 51.4 Å². The third kappa shape index (κ3) is 2.57. The number of benzene rings is 2. The number of amides is 1. The van der Waals surface area contributed by atoms with E-state index in [0.29, 0.717) is 16.3 Å². The van der Waals surface area contributed by atoms with E-state index in [1.165, 1.54) is 0 Å². The van der Waals surface area contributed by atoms with Gasteiger partial charge in [0.2, 0.25) is 0 Å². The second-order valence-electron chi connectivity index (χ2n) is 4.61. The molecule has 3 nitrogen and oxygen atoms in total. The fraction of sp³-hybridized carbons (Fsp3) is 0.0625. The molecule has 0 atom stereocenters. The van der Waals surface area contributed by atoms with Gasteiger partial charge >= 0.3 is 0 Å². The molecule has 0 saturated carbocycles. The van der Waals surface area contributed by atoms with Gasteiger partial charge in [0.1, 0.15) is 0 Å². The van der Waals surface area contributed by atoms with Crippen LogP contribution in [0.3, 0.4) is 0 Å². The summed E-state index contributed by atoms with van der Waals surface area (Å²) in [6.07, 6.45) is 0. The molecule has 0 radical (unpaired) electrons. The number of aryl methyl sites for hydroxylation is 1. The molecule has 106 valence electrons. The Morgan fingerprint density at radius 1 is 1.19 bits per heavy atom. The molecular weight excluding hydrogens is 354 g/mol. The van der Waals surface area contributed by atoms with Gasteiger partial charge < -0.3 is 9.73 Å². The van der Waals surface area contributed by atoms with Gasteiger partial charge in [-0.3, -0.25) is 4.79 Å². The van der Waals surface area contributed by atoms with Crippen LogP contribution < -0.4 is 5.32 Å². The van der Waals surface area contributed by atoms with E-state index >= 15 is 0 Å². The van der Waals surface area contributed by atoms with Crippen LogP contribution in [0.1, 0.15) is 16.1 Å². The van der Waals surface area contributed by atoms with Crippen molar-refractivity contribution in [2.24, 2.45) is 0 Å². The van der Waals surface area contributed by atoms with Gasteiger partial charge in [-0.05, 0) is 41.1 Å². The van der Waals surface area contributed by atoms with Crippen LogP contribution in [0, 0.1) is 6.92 Å². The van der Waals surface area contributed by atoms with Gasteiger partial charge in [0, 0.05) is 15.4 Å². The van der Waals surface area contributed by atoms with Gasteiger partial charge in [-0.15, -0.1) is 0 Å². The Hall–Kier alpha value is -1.78. The maximum atomic E-state index is 12.4. The topological polar surface area (TPSA) is 42.2 Å². The summed E-state index contributed by atoms with van der Waals surface area (Å²) >= 11 is 9.50. The first-order valence-corrected chi connectivity index (χ1v) is 7.48. The molecular formula is C16H11BrClNO2. The van der Waals surface area contributed by atoms with E-state index in [4.69, 9.17) is 16.0 Å². The number of para-hydroxylation sites is 2. The summed E-state index contributed by atoms with van der Waals surface area (Å²) in [5.41, 5.74) is 2.00. The highest BCUT2D eigenvalue weighted by molar-refractivity contribution is 9.10. The highest BCUT2D eigenvalue weighted by Gasteiger charge is 2.19. The quantitative estimate of drug-likeness (QED) is 0.660. The average molecular weight is 365 g/mol. The fourth-order valence-corrected chi connectivity index (χ4v) is 2.76. The molecule has 0 saturated heterocycles. The molecule has 1 N–H and O–H groups in total. The Kier molecular flexibility index (Phi) is 3.74. The second kappa shape index (κ2) is 5.54. The van der Waals surface area contributed by atoms with Crippen LogP contribution in [0.4, 0.5) is 5.69 Å². The molecule has 21 heavy (non-hydrogen) atoms. The van der Waals surface area contributed by atoms with Crippen LogP contribution >= 0.6 is 27.5 Å². The first-order valence-electron chi connectivity index (χ1n) is 6.31. The minimum Gasteiger partial charge on any atom is -0.449 e. The van der Waals surface area contributed by atoms with E-state index in [1.54, 1.807) is 6.07 Å². The molecule has 2 aromatic carbocycles. The number of nitrogens with one attached hydrogen (secondary N) is 1. The van der Waals surface area contributed by atoms with E-state index in [0.717, 1.165) is 15.4 Å². The van der Waals surface area contributed by atoms with Crippen LogP contribution in [-0.2, 0) is 0 Å². The zero-order valence-corrected chi connectivity index (χ0v) is 13.5. The van der Waals surface area contributed by atoms with Gasteiger partial charge in [0.15, 0.2) is 11.3 Å². The third-order valence-electron chi connectivity index (χ3n) is 3.24. The summed E-state index contributed by atoms with van der Waals surface area (Å²) in [5, 5.41) is 4.17. The molecule has 1 heterocycles. The van der Waals surface area contributed by atoms with Crippen LogP contribution in [-0.4, -0.2) is 5.91 Å². The molecule has 3 aromatic rings. The number of furan rings is 1. The Morgan fingerprint density at radius 3 is 2.67 bits per heavy atom. The maximum absolute atomic E-state index is 12.4. The minimum absolute atomic E-state index is 0.272. The third-order valence-corrected chi connectivity index (χ3v) is 4.23. The number of carbonyl (C=O) groups excluding carboxylic acids is 1. The summed E-state index contributed by atoms with van der Waals surface area (Å²) in [7, 11) is 0. The van der Waals surface area contributed by atoms with Crippen molar-refractivity contribution in [1.82, 2.24) is 0 Å². The molecule has 0 aliphatic rings. The molecule has 1 amide bonds. The minimum atomic E-state index is -0.299. The Morgan fingerprint density at radius 2 is 1.95 bits per heavy atom. The van der Waals surface area contributed by atoms with Crippen molar-refractivity contribution in [3.63, 3.8) is 0 Å². The lowest BCUT2D eigenvalue weighted by Gasteiger charge is -2.05. The number of halogens is 2. The van der Waals surface area contributed by atoms with E-state index in [2.05, 4.69) is 21.2 Å². The highest BCUT2D eigenvalue weighted by Crippen LogP contribution is 2.31. The molecule has 0 unspecified atom stereocenters. The normalized spacial score (nSPS) is 10.8. The number of fused-ring (bicyclic) bond motifs is 1. The van der Waals surface area contributed by atoms with Crippen molar-refractivity contribution in [2.75, 3.05) is 5.32 Å². The molecule has 0 fully saturated rings. The Bertz CT molecular complexity index is 841. The van der Waals surface area contributed by atoms with Gasteiger partial charge in [-0.25, -0.2) is 0 Å². The first kappa shape index (κ1) is 14.2. The number of rotatable bonds is 2. The monoisotopic (exact) mass is 363 g/mol. The second-order valence-corrected chi connectivity index (χ2v) is 5.87. The summed E-state index contributed by atoms with van der Waals surface area (Å²) in [5.74, 6) is -0.0273. The predicted molar refractivity (Wildman–Crippen MR) is 88.1 cm³/mol. The summed E-state index contributed by atoms with van der Waals surface area (Å²) in [6.45, 7) is 1.84. The molecule has 0 aliphatic heterocycles. The first-order chi connectivity index (χ1) is 10.1. The summed E-state index contributed by atoms with van der Waals surface area (Å²) < 4.78 is 6.45. The zero-order valence-electron chi connectivity index (χ0n) is 11.1. The maximum Gasteiger partial charge on any atom is 0.291 e. The van der Waals surface area contributed by atoms with E-state index in [1.807, 2.05) is 43.3 Å². The lowest BCUT2D eigenvalue weighted by molar-refractivity contribution is 0.0998. The molecule has 5 heteroatoms. The number of hydrogen-bond acceptors (Lipinski definition) is 2. The largest absolute Gasteiger partial charge is 0.449 e. The van der Waals surface area contributed by atoms with Gasteiger partial charge in [0.05, 0.1) is 10.7 Å². The number of hydrogen-bond donors (Lipinski definition) is 1. The standard InChI is InChI=1S/C16H11BrClNO2/c1-9-10-5-4-7-12(18)15(10)21-14(9)16(20)19-13-8-3-2-6-11(13)17/h2-8H,1H3,(H,19,20). The lowest BCUT2D eigenvalue weighted by atomic mass is 10.1. The van der Waals surface area contributed by atoms with E-state index in [-0.39, 0.29) is 11.7 Å². The van der Waals surface area contributed by atoms with Gasteiger partial charge in [-0.1, -0.05) is 35.9 Å². The Labute approximate surface area is 135 Å². The molecule has 0 spiro atoms. The molecule has 1 aromatic heterocycles. The average Bonchev–Trinajstić information content (AvgIpc) is 2.81. The summed E-state index contributed by atoms with van der Waals surface area (Å²) in [4.78, 5) is 12.4. The Balaban J connectivity index is 2.01. The SMILES string of the molecule is Cc1c(C(=O)Nc2ccccc2Br)oc2c(Cl)cccc12. The van der Waals surface area contributed by atoms with Crippen LogP contribution in [0.2, 0.25) is 5.02 Å². The number of carbonyl (C=O) groups is 1. The van der Waals surface area contributed by atoms with Crippen molar-refractivity contribution in [3.8, 4) is 0 Å². The lowest BCUT2D eigenvalue weighted by Crippen LogP contribution is -2.12. The smallest absolute Gasteiger partial charge is 0.291 e. The number of anilines is 1. The van der Waals surface area contributed by atoms with Crippen molar-refractivity contribution in [2.45, 2.75) is 6.92 Å². The van der Waals surface area contributed by atoms with E-state index in [9.17, 15) is 4.79 Å². The van der Waals surface area contributed by atoms with Gasteiger partial charge in [-0.2, -0.15) is 0 Å².